The molecule has 0 amide bonds. The van der Waals surface area contributed by atoms with Crippen molar-refractivity contribution in [2.45, 2.75) is 0 Å². The lowest BCUT2D eigenvalue weighted by Gasteiger charge is -2.31. The van der Waals surface area contributed by atoms with Crippen LogP contribution >= 0.6 is 0 Å². The number of aromatic nitrogens is 1. The second kappa shape index (κ2) is 16.5. The van der Waals surface area contributed by atoms with Crippen LogP contribution in [0.15, 0.2) is 267 Å². The summed E-state index contributed by atoms with van der Waals surface area (Å²) in [5, 5.41) is 9.77. The van der Waals surface area contributed by atoms with E-state index in [0.717, 1.165) is 39.4 Å². The molecule has 0 atom stereocenters. The molecule has 0 saturated heterocycles. The zero-order valence-corrected chi connectivity index (χ0v) is 37.3. The summed E-state index contributed by atoms with van der Waals surface area (Å²) in [4.78, 5) is 2.51. The normalized spacial score (nSPS) is 11.5. The van der Waals surface area contributed by atoms with Gasteiger partial charge in [0.25, 0.3) is 0 Å². The van der Waals surface area contributed by atoms with Crippen molar-refractivity contribution in [3.05, 3.63) is 267 Å². The first kappa shape index (κ1) is 39.4. The Morgan fingerprint density at radius 2 is 0.721 bits per heavy atom. The van der Waals surface area contributed by atoms with Crippen LogP contribution in [-0.4, -0.2) is 4.57 Å². The van der Waals surface area contributed by atoms with Gasteiger partial charge in [0.1, 0.15) is 0 Å². The van der Waals surface area contributed by atoms with Gasteiger partial charge in [-0.25, -0.2) is 0 Å². The van der Waals surface area contributed by atoms with Gasteiger partial charge in [0.05, 0.1) is 33.8 Å². The number of hydrogen-bond acceptors (Lipinski definition) is 1. The van der Waals surface area contributed by atoms with E-state index in [9.17, 15) is 0 Å². The maximum atomic E-state index is 2.51. The van der Waals surface area contributed by atoms with Crippen molar-refractivity contribution in [3.63, 3.8) is 0 Å². The molecule has 0 N–H and O–H groups in total. The Morgan fingerprint density at radius 1 is 0.235 bits per heavy atom. The summed E-state index contributed by atoms with van der Waals surface area (Å²) < 4.78 is 2.46. The number of hydrogen-bond donors (Lipinski definition) is 0. The standard InChI is InChI=1S/C66H44N2/c1-2-20-47(21-3-1)54-40-39-50(44-66(54)68-63-35-16-12-30-59(63)60-31-13-17-36-64(60)68)53-27-11-15-34-62(53)67(61-33-14-10-26-52(61)49-38-37-45-19-4-5-23-48(45)43-49)65-42-41-57(56-28-8-9-29-58(56)65)55-32-18-24-46-22-6-7-25-51(46)55/h1-44H. The molecule has 0 aliphatic rings. The average Bonchev–Trinajstić information content (AvgIpc) is 3.75. The second-order valence-electron chi connectivity index (χ2n) is 17.6. The minimum absolute atomic E-state index is 1.09. The Bertz CT molecular complexity index is 3990. The Morgan fingerprint density at radius 3 is 1.44 bits per heavy atom. The van der Waals surface area contributed by atoms with E-state index in [1.54, 1.807) is 0 Å². The summed E-state index contributed by atoms with van der Waals surface area (Å²) in [6.45, 7) is 0. The Labute approximate surface area is 395 Å². The van der Waals surface area contributed by atoms with E-state index in [4.69, 9.17) is 0 Å². The van der Waals surface area contributed by atoms with E-state index in [1.165, 1.54) is 81.9 Å². The third-order valence-electron chi connectivity index (χ3n) is 13.8. The van der Waals surface area contributed by atoms with Crippen molar-refractivity contribution in [1.82, 2.24) is 4.57 Å². The number of nitrogens with zero attached hydrogens (tertiary/aromatic N) is 2. The molecule has 2 heteroatoms. The highest BCUT2D eigenvalue weighted by Crippen LogP contribution is 2.49. The summed E-state index contributed by atoms with van der Waals surface area (Å²) in [5.41, 5.74) is 16.1. The van der Waals surface area contributed by atoms with Gasteiger partial charge in [-0.2, -0.15) is 0 Å². The fourth-order valence-electron chi connectivity index (χ4n) is 10.7. The first-order valence-corrected chi connectivity index (χ1v) is 23.4. The van der Waals surface area contributed by atoms with Crippen LogP contribution in [0.25, 0.3) is 104 Å². The average molecular weight is 865 g/mol. The van der Waals surface area contributed by atoms with Gasteiger partial charge in [-0.15, -0.1) is 0 Å². The molecule has 1 heterocycles. The number of para-hydroxylation sites is 4. The first-order chi connectivity index (χ1) is 33.8. The van der Waals surface area contributed by atoms with E-state index < -0.39 is 0 Å². The molecule has 1 aromatic heterocycles. The third-order valence-corrected chi connectivity index (χ3v) is 13.8. The molecule has 0 saturated carbocycles. The monoisotopic (exact) mass is 864 g/mol. The molecule has 0 fully saturated rings. The lowest BCUT2D eigenvalue weighted by molar-refractivity contribution is 1.18. The van der Waals surface area contributed by atoms with E-state index in [0.29, 0.717) is 0 Å². The lowest BCUT2D eigenvalue weighted by Crippen LogP contribution is -2.13. The fourth-order valence-corrected chi connectivity index (χ4v) is 10.7. The molecule has 68 heavy (non-hydrogen) atoms. The third kappa shape index (κ3) is 6.57. The lowest BCUT2D eigenvalue weighted by atomic mass is 9.92. The van der Waals surface area contributed by atoms with Crippen molar-refractivity contribution in [3.8, 4) is 50.2 Å². The fraction of sp³-hybridized carbons (Fsp3) is 0. The molecule has 2 nitrogen and oxygen atoms in total. The highest BCUT2D eigenvalue weighted by Gasteiger charge is 2.25. The Hall–Kier alpha value is -8.98. The predicted molar refractivity (Wildman–Crippen MR) is 290 cm³/mol. The number of benzene rings is 12. The van der Waals surface area contributed by atoms with Gasteiger partial charge in [-0.05, 0) is 97.2 Å². The zero-order valence-electron chi connectivity index (χ0n) is 37.3. The summed E-state index contributed by atoms with van der Waals surface area (Å²) in [6.07, 6.45) is 0. The molecule has 0 unspecified atom stereocenters. The number of rotatable bonds is 8. The molecule has 13 aromatic rings. The van der Waals surface area contributed by atoms with Gasteiger partial charge in [-0.1, -0.05) is 224 Å². The highest BCUT2D eigenvalue weighted by molar-refractivity contribution is 6.13. The number of anilines is 3. The summed E-state index contributed by atoms with van der Waals surface area (Å²) in [6, 6.07) is 97.8. The van der Waals surface area contributed by atoms with Gasteiger partial charge < -0.3 is 9.47 Å². The van der Waals surface area contributed by atoms with Crippen LogP contribution in [0.5, 0.6) is 0 Å². The van der Waals surface area contributed by atoms with Crippen molar-refractivity contribution in [2.24, 2.45) is 0 Å². The van der Waals surface area contributed by atoms with Crippen molar-refractivity contribution in [1.29, 1.82) is 0 Å². The van der Waals surface area contributed by atoms with Gasteiger partial charge in [0.2, 0.25) is 0 Å². The van der Waals surface area contributed by atoms with Crippen LogP contribution in [0.1, 0.15) is 0 Å². The van der Waals surface area contributed by atoms with Gasteiger partial charge in [0, 0.05) is 32.8 Å². The molecule has 0 spiro atoms. The minimum atomic E-state index is 1.09. The topological polar surface area (TPSA) is 8.17 Å². The van der Waals surface area contributed by atoms with Gasteiger partial charge in [-0.3, -0.25) is 0 Å². The molecule has 13 rings (SSSR count). The largest absolute Gasteiger partial charge is 0.309 e. The predicted octanol–water partition coefficient (Wildman–Crippen LogP) is 18.4. The Balaban J connectivity index is 1.08. The second-order valence-corrected chi connectivity index (χ2v) is 17.6. The molecule has 0 radical (unpaired) electrons. The first-order valence-electron chi connectivity index (χ1n) is 23.4. The quantitative estimate of drug-likeness (QED) is 0.148. The van der Waals surface area contributed by atoms with E-state index in [1.807, 2.05) is 0 Å². The van der Waals surface area contributed by atoms with Crippen LogP contribution in [0.3, 0.4) is 0 Å². The van der Waals surface area contributed by atoms with Crippen LogP contribution in [-0.2, 0) is 0 Å². The van der Waals surface area contributed by atoms with Crippen molar-refractivity contribution >= 4 is 71.2 Å². The molecule has 0 aliphatic heterocycles. The molecule has 318 valence electrons. The van der Waals surface area contributed by atoms with E-state index >= 15 is 0 Å². The van der Waals surface area contributed by atoms with Crippen molar-refractivity contribution in [2.75, 3.05) is 4.90 Å². The van der Waals surface area contributed by atoms with Gasteiger partial charge >= 0.3 is 0 Å². The molecular formula is C66H44N2. The Kier molecular flexibility index (Phi) is 9.54. The van der Waals surface area contributed by atoms with E-state index in [-0.39, 0.29) is 0 Å². The van der Waals surface area contributed by atoms with Crippen molar-refractivity contribution < 1.29 is 0 Å². The number of fused-ring (bicyclic) bond motifs is 6. The maximum Gasteiger partial charge on any atom is 0.0546 e. The smallest absolute Gasteiger partial charge is 0.0546 e. The molecule has 0 bridgehead atoms. The molecule has 12 aromatic carbocycles. The summed E-state index contributed by atoms with van der Waals surface area (Å²) in [5.74, 6) is 0. The van der Waals surface area contributed by atoms with Gasteiger partial charge in [0.15, 0.2) is 0 Å². The van der Waals surface area contributed by atoms with Crippen LogP contribution in [0.4, 0.5) is 17.1 Å². The van der Waals surface area contributed by atoms with Crippen LogP contribution < -0.4 is 4.90 Å². The maximum absolute atomic E-state index is 2.51. The summed E-state index contributed by atoms with van der Waals surface area (Å²) >= 11 is 0. The summed E-state index contributed by atoms with van der Waals surface area (Å²) in [7, 11) is 0. The van der Waals surface area contributed by atoms with Crippen LogP contribution in [0, 0.1) is 0 Å². The zero-order chi connectivity index (χ0) is 45.0. The van der Waals surface area contributed by atoms with E-state index in [2.05, 4.69) is 276 Å². The molecule has 0 aliphatic carbocycles. The SMILES string of the molecule is c1ccc(-c2ccc(-c3ccccc3N(c3ccccc3-c3ccc4ccccc4c3)c3ccc(-c4cccc5ccccc45)c4ccccc34)cc2-n2c3ccccc3c3ccccc32)cc1. The minimum Gasteiger partial charge on any atom is -0.309 e. The van der Waals surface area contributed by atoms with Crippen LogP contribution in [0.2, 0.25) is 0 Å². The molecular weight excluding hydrogens is 821 g/mol. The highest BCUT2D eigenvalue weighted by atomic mass is 15.1.